The highest BCUT2D eigenvalue weighted by molar-refractivity contribution is 7.92. The molecule has 1 aliphatic rings. The van der Waals surface area contributed by atoms with Crippen LogP contribution in [0, 0.1) is 0 Å². The molecule has 11 heteroatoms. The number of sulfone groups is 1. The molecule has 0 saturated heterocycles. The Morgan fingerprint density at radius 1 is 1.19 bits per heavy atom. The fraction of sp³-hybridized carbons (Fsp3) is 0.350. The molecule has 168 valence electrons. The van der Waals surface area contributed by atoms with Crippen LogP contribution < -0.4 is 19.1 Å². The molecule has 1 atom stereocenters. The number of nitrogens with one attached hydrogen (secondary N) is 1. The number of para-hydroxylation sites is 1. The third-order valence-electron chi connectivity index (χ3n) is 4.88. The second-order valence-corrected chi connectivity index (χ2v) is 11.1. The second kappa shape index (κ2) is 8.75. The van der Waals surface area contributed by atoms with Gasteiger partial charge in [0.25, 0.3) is 5.91 Å². The highest BCUT2D eigenvalue weighted by Gasteiger charge is 2.35. The van der Waals surface area contributed by atoms with Gasteiger partial charge in [-0.2, -0.15) is 0 Å². The van der Waals surface area contributed by atoms with Gasteiger partial charge in [0.15, 0.2) is 15.9 Å². The van der Waals surface area contributed by atoms with E-state index in [2.05, 4.69) is 5.32 Å². The Balaban J connectivity index is 1.86. The van der Waals surface area contributed by atoms with Crippen molar-refractivity contribution in [2.75, 3.05) is 30.0 Å². The maximum Gasteiger partial charge on any atom is 0.263 e. The summed E-state index contributed by atoms with van der Waals surface area (Å²) in [5.74, 6) is 0.0965. The minimum absolute atomic E-state index is 0.00919. The van der Waals surface area contributed by atoms with Gasteiger partial charge in [0.05, 0.1) is 36.2 Å². The lowest BCUT2D eigenvalue weighted by Crippen LogP contribution is -2.50. The maximum atomic E-state index is 12.7. The van der Waals surface area contributed by atoms with E-state index < -0.39 is 31.9 Å². The van der Waals surface area contributed by atoms with Crippen molar-refractivity contribution < 1.29 is 31.1 Å². The minimum atomic E-state index is -3.79. The standard InChI is InChI=1S/C20H24N2O7S2/c1-4-31(26,27)15-9-10-18-16(11-15)22(30(3,24)25)13-19(29-18)20(23)21-12-14-7-5-6-8-17(14)28-2/h5-11,19H,4,12-13H2,1-3H3,(H,21,23)/t19-/m1/s1. The predicted octanol–water partition coefficient (Wildman–Crippen LogP) is 1.33. The Kier molecular flexibility index (Phi) is 6.46. The zero-order valence-electron chi connectivity index (χ0n) is 17.4. The number of methoxy groups -OCH3 is 1. The first-order valence-corrected chi connectivity index (χ1v) is 13.0. The number of hydrogen-bond acceptors (Lipinski definition) is 7. The molecule has 2 aromatic rings. The molecule has 0 saturated carbocycles. The molecular weight excluding hydrogens is 444 g/mol. The van der Waals surface area contributed by atoms with Crippen LogP contribution in [-0.4, -0.2) is 54.5 Å². The lowest BCUT2D eigenvalue weighted by molar-refractivity contribution is -0.127. The molecule has 0 aliphatic carbocycles. The summed E-state index contributed by atoms with van der Waals surface area (Å²) in [5, 5.41) is 2.73. The van der Waals surface area contributed by atoms with Crippen LogP contribution in [0.3, 0.4) is 0 Å². The molecule has 0 unspecified atom stereocenters. The average Bonchev–Trinajstić information content (AvgIpc) is 2.75. The quantitative estimate of drug-likeness (QED) is 0.651. The SMILES string of the molecule is CCS(=O)(=O)c1ccc2c(c1)N(S(C)(=O)=O)C[C@H](C(=O)NCc1ccccc1OC)O2. The minimum Gasteiger partial charge on any atom is -0.496 e. The second-order valence-electron chi connectivity index (χ2n) is 6.96. The fourth-order valence-corrected chi connectivity index (χ4v) is 4.99. The number of fused-ring (bicyclic) bond motifs is 1. The predicted molar refractivity (Wildman–Crippen MR) is 116 cm³/mol. The van der Waals surface area contributed by atoms with Gasteiger partial charge in [0.2, 0.25) is 10.0 Å². The first-order chi connectivity index (χ1) is 14.6. The van der Waals surface area contributed by atoms with Crippen LogP contribution in [0.15, 0.2) is 47.4 Å². The summed E-state index contributed by atoms with van der Waals surface area (Å²) < 4.78 is 61.2. The Hall–Kier alpha value is -2.79. The molecule has 9 nitrogen and oxygen atoms in total. The lowest BCUT2D eigenvalue weighted by atomic mass is 10.2. The van der Waals surface area contributed by atoms with Crippen molar-refractivity contribution in [1.82, 2.24) is 5.32 Å². The summed E-state index contributed by atoms with van der Waals surface area (Å²) >= 11 is 0. The van der Waals surface area contributed by atoms with E-state index in [1.807, 2.05) is 12.1 Å². The summed E-state index contributed by atoms with van der Waals surface area (Å²) in [5.41, 5.74) is 0.842. The molecule has 1 heterocycles. The maximum absolute atomic E-state index is 12.7. The van der Waals surface area contributed by atoms with Crippen LogP contribution in [0.4, 0.5) is 5.69 Å². The number of nitrogens with zero attached hydrogens (tertiary/aromatic N) is 1. The van der Waals surface area contributed by atoms with Crippen molar-refractivity contribution in [3.63, 3.8) is 0 Å². The molecule has 0 radical (unpaired) electrons. The van der Waals surface area contributed by atoms with E-state index in [0.717, 1.165) is 16.1 Å². The Morgan fingerprint density at radius 3 is 2.55 bits per heavy atom. The van der Waals surface area contributed by atoms with Crippen molar-refractivity contribution in [1.29, 1.82) is 0 Å². The largest absolute Gasteiger partial charge is 0.496 e. The van der Waals surface area contributed by atoms with E-state index in [0.29, 0.717) is 5.75 Å². The fourth-order valence-electron chi connectivity index (χ4n) is 3.19. The molecule has 0 aromatic heterocycles. The van der Waals surface area contributed by atoms with Crippen LogP contribution >= 0.6 is 0 Å². The molecule has 0 fully saturated rings. The number of ether oxygens (including phenoxy) is 2. The zero-order valence-corrected chi connectivity index (χ0v) is 19.0. The van der Waals surface area contributed by atoms with Gasteiger partial charge >= 0.3 is 0 Å². The molecular formula is C20H24N2O7S2. The molecule has 0 spiro atoms. The van der Waals surface area contributed by atoms with Crippen LogP contribution in [-0.2, 0) is 31.2 Å². The van der Waals surface area contributed by atoms with Crippen molar-refractivity contribution in [3.05, 3.63) is 48.0 Å². The van der Waals surface area contributed by atoms with Crippen molar-refractivity contribution in [2.45, 2.75) is 24.5 Å². The summed E-state index contributed by atoms with van der Waals surface area (Å²) in [4.78, 5) is 12.7. The van der Waals surface area contributed by atoms with Gasteiger partial charge in [-0.25, -0.2) is 16.8 Å². The van der Waals surface area contributed by atoms with Gasteiger partial charge in [0.1, 0.15) is 11.5 Å². The highest BCUT2D eigenvalue weighted by Crippen LogP contribution is 2.37. The number of anilines is 1. The first-order valence-electron chi connectivity index (χ1n) is 9.47. The number of rotatable bonds is 7. The third kappa shape index (κ3) is 4.93. The van der Waals surface area contributed by atoms with Crippen molar-refractivity contribution in [3.8, 4) is 11.5 Å². The van der Waals surface area contributed by atoms with Gasteiger partial charge < -0.3 is 14.8 Å². The molecule has 2 aromatic carbocycles. The topological polar surface area (TPSA) is 119 Å². The van der Waals surface area contributed by atoms with Gasteiger partial charge in [-0.1, -0.05) is 25.1 Å². The molecule has 1 aliphatic heterocycles. The van der Waals surface area contributed by atoms with Gasteiger partial charge in [0, 0.05) is 12.1 Å². The van der Waals surface area contributed by atoms with Gasteiger partial charge in [-0.15, -0.1) is 0 Å². The number of benzene rings is 2. The summed E-state index contributed by atoms with van der Waals surface area (Å²) in [7, 11) is -5.81. The number of hydrogen-bond donors (Lipinski definition) is 1. The van der Waals surface area contributed by atoms with Gasteiger partial charge in [-0.3, -0.25) is 9.10 Å². The summed E-state index contributed by atoms with van der Waals surface area (Å²) in [6.45, 7) is 1.39. The third-order valence-corrected chi connectivity index (χ3v) is 7.76. The van der Waals surface area contributed by atoms with Crippen LogP contribution in [0.1, 0.15) is 12.5 Å². The Bertz CT molecular complexity index is 1190. The summed E-state index contributed by atoms with van der Waals surface area (Å²) in [6, 6.07) is 11.2. The Morgan fingerprint density at radius 2 is 1.90 bits per heavy atom. The highest BCUT2D eigenvalue weighted by atomic mass is 32.2. The van der Waals surface area contributed by atoms with E-state index in [-0.39, 0.29) is 35.2 Å². The average molecular weight is 469 g/mol. The Labute approximate surface area is 181 Å². The number of carbonyl (C=O) groups excluding carboxylic acids is 1. The molecule has 1 amide bonds. The smallest absolute Gasteiger partial charge is 0.263 e. The van der Waals surface area contributed by atoms with E-state index in [9.17, 15) is 21.6 Å². The lowest BCUT2D eigenvalue weighted by Gasteiger charge is -2.34. The zero-order chi connectivity index (χ0) is 22.8. The van der Waals surface area contributed by atoms with E-state index >= 15 is 0 Å². The monoisotopic (exact) mass is 468 g/mol. The van der Waals surface area contributed by atoms with E-state index in [1.165, 1.54) is 32.2 Å². The van der Waals surface area contributed by atoms with Crippen LogP contribution in [0.25, 0.3) is 0 Å². The van der Waals surface area contributed by atoms with E-state index in [1.54, 1.807) is 12.1 Å². The summed E-state index contributed by atoms with van der Waals surface area (Å²) in [6.07, 6.45) is -0.113. The van der Waals surface area contributed by atoms with Crippen molar-refractivity contribution in [2.24, 2.45) is 0 Å². The van der Waals surface area contributed by atoms with Gasteiger partial charge in [-0.05, 0) is 24.3 Å². The molecule has 1 N–H and O–H groups in total. The number of sulfonamides is 1. The molecule has 31 heavy (non-hydrogen) atoms. The number of carbonyl (C=O) groups is 1. The first kappa shape index (κ1) is 22.9. The van der Waals surface area contributed by atoms with Crippen molar-refractivity contribution >= 4 is 31.5 Å². The van der Waals surface area contributed by atoms with E-state index in [4.69, 9.17) is 9.47 Å². The van der Waals surface area contributed by atoms with Crippen LogP contribution in [0.5, 0.6) is 11.5 Å². The molecule has 0 bridgehead atoms. The van der Waals surface area contributed by atoms with Crippen LogP contribution in [0.2, 0.25) is 0 Å². The molecule has 3 rings (SSSR count). The number of amides is 1. The normalized spacial score (nSPS) is 16.2.